The number of benzene rings is 1. The number of nitrogens with zero attached hydrogens (tertiary/aromatic N) is 1. The van der Waals surface area contributed by atoms with Crippen LogP contribution in [0.4, 0.5) is 0 Å². The number of aromatic hydroxyl groups is 1. The highest BCUT2D eigenvalue weighted by Gasteiger charge is 2.38. The minimum atomic E-state index is -1.28. The molecule has 0 radical (unpaired) electrons. The third-order valence-electron chi connectivity index (χ3n) is 9.40. The minimum absolute atomic E-state index is 0.0235. The Bertz CT molecular complexity index is 1310. The van der Waals surface area contributed by atoms with Crippen LogP contribution in [0.5, 0.6) is 5.75 Å². The molecule has 0 bridgehead atoms. The highest BCUT2D eigenvalue weighted by Crippen LogP contribution is 2.20. The largest absolute Gasteiger partial charge is 0.508 e. The minimum Gasteiger partial charge on any atom is -0.508 e. The summed E-state index contributed by atoms with van der Waals surface area (Å²) in [6.07, 6.45) is 12.3. The molecule has 292 valence electrons. The fourth-order valence-electron chi connectivity index (χ4n) is 6.26. The first-order valence-electron chi connectivity index (χ1n) is 18.9. The molecular formula is C38H61N5O9. The predicted octanol–water partition coefficient (Wildman–Crippen LogP) is 3.07. The van der Waals surface area contributed by atoms with Crippen LogP contribution in [0.25, 0.3) is 0 Å². The maximum atomic E-state index is 13.3. The highest BCUT2D eigenvalue weighted by atomic mass is 16.4. The number of hydrogen-bond acceptors (Lipinski definition) is 8. The molecule has 14 nitrogen and oxygen atoms in total. The van der Waals surface area contributed by atoms with Crippen LogP contribution in [0.3, 0.4) is 0 Å². The van der Waals surface area contributed by atoms with Gasteiger partial charge in [0.15, 0.2) is 0 Å². The molecule has 1 aliphatic heterocycles. The molecule has 2 rings (SSSR count). The molecule has 6 atom stereocenters. The van der Waals surface area contributed by atoms with Gasteiger partial charge in [0.25, 0.3) is 0 Å². The van der Waals surface area contributed by atoms with Crippen molar-refractivity contribution in [3.05, 3.63) is 29.8 Å². The summed E-state index contributed by atoms with van der Waals surface area (Å²) in [6, 6.07) is 0.255. The predicted molar refractivity (Wildman–Crippen MR) is 196 cm³/mol. The van der Waals surface area contributed by atoms with E-state index in [1.165, 1.54) is 82.7 Å². The van der Waals surface area contributed by atoms with E-state index in [1.54, 1.807) is 12.1 Å². The first-order chi connectivity index (χ1) is 24.7. The van der Waals surface area contributed by atoms with E-state index in [0.717, 1.165) is 19.3 Å². The van der Waals surface area contributed by atoms with Crippen LogP contribution in [0.15, 0.2) is 24.3 Å². The molecule has 7 N–H and O–H groups in total. The number of phenols is 1. The van der Waals surface area contributed by atoms with E-state index in [0.29, 0.717) is 24.8 Å². The molecule has 1 aromatic rings. The first kappa shape index (κ1) is 44.0. The smallest absolute Gasteiger partial charge is 0.326 e. The van der Waals surface area contributed by atoms with E-state index in [1.807, 2.05) is 0 Å². The second kappa shape index (κ2) is 23.4. The molecule has 0 saturated carbocycles. The molecule has 14 heteroatoms. The van der Waals surface area contributed by atoms with Gasteiger partial charge in [-0.2, -0.15) is 0 Å². The van der Waals surface area contributed by atoms with Crippen LogP contribution in [-0.4, -0.2) is 98.6 Å². The topological polar surface area (TPSA) is 214 Å². The Morgan fingerprint density at radius 2 is 1.33 bits per heavy atom. The second-order valence-corrected chi connectivity index (χ2v) is 14.0. The normalized spacial score (nSPS) is 16.9. The average molecular weight is 732 g/mol. The van der Waals surface area contributed by atoms with Crippen LogP contribution in [0.2, 0.25) is 0 Å². The molecule has 1 aliphatic rings. The summed E-state index contributed by atoms with van der Waals surface area (Å²) >= 11 is 0. The van der Waals surface area contributed by atoms with Crippen LogP contribution >= 0.6 is 0 Å². The number of aliphatic hydroxyl groups excluding tert-OH is 1. The zero-order valence-electron chi connectivity index (χ0n) is 31.3. The Morgan fingerprint density at radius 3 is 1.88 bits per heavy atom. The van der Waals surface area contributed by atoms with Crippen molar-refractivity contribution in [1.29, 1.82) is 0 Å². The van der Waals surface area contributed by atoms with Gasteiger partial charge < -0.3 is 41.5 Å². The first-order valence-corrected chi connectivity index (χ1v) is 18.9. The Labute approximate surface area is 307 Å². The lowest BCUT2D eigenvalue weighted by Gasteiger charge is -2.29. The molecule has 52 heavy (non-hydrogen) atoms. The standard InChI is InChI=1S/C38H61N5O9/c1-5-6-7-8-9-10-11-12-13-14-15-18-32(46)42-33(27(4)44)36(49)39-25(2)34(47)40-26(3)37(50)43-23-16-17-31(43)35(48)41-30(38(51)52)24-28-19-21-29(45)22-20-28/h19-22,25-27,30-31,33,44-45H,5-18,23-24H2,1-4H3,(H,39,49)(H,40,47)(H,41,48)(H,42,46)(H,51,52)/t25?,26-,27?,30-,31-,33?/m0/s1. The molecule has 0 aromatic heterocycles. The van der Waals surface area contributed by atoms with Crippen molar-refractivity contribution < 1.29 is 44.1 Å². The lowest BCUT2D eigenvalue weighted by atomic mass is 10.0. The second-order valence-electron chi connectivity index (χ2n) is 14.0. The molecule has 1 heterocycles. The maximum absolute atomic E-state index is 13.3. The molecule has 0 spiro atoms. The summed E-state index contributed by atoms with van der Waals surface area (Å²) in [5.74, 6) is -4.22. The molecule has 1 saturated heterocycles. The van der Waals surface area contributed by atoms with E-state index in [-0.39, 0.29) is 31.0 Å². The van der Waals surface area contributed by atoms with Crippen molar-refractivity contribution in [3.8, 4) is 5.75 Å². The van der Waals surface area contributed by atoms with Gasteiger partial charge >= 0.3 is 5.97 Å². The SMILES string of the molecule is CCCCCCCCCCCCCC(=O)NC(C(=O)NC(C)C(=O)N[C@@H](C)C(=O)N1CCC[C@H]1C(=O)N[C@@H](Cc1ccc(O)cc1)C(=O)O)C(C)O. The number of likely N-dealkylation sites (tertiary alicyclic amines) is 1. The van der Waals surface area contributed by atoms with E-state index < -0.39 is 65.9 Å². The number of phenolic OH excluding ortho intramolecular Hbond substituents is 1. The van der Waals surface area contributed by atoms with E-state index >= 15 is 0 Å². The summed E-state index contributed by atoms with van der Waals surface area (Å²) in [4.78, 5) is 78.2. The summed E-state index contributed by atoms with van der Waals surface area (Å²) in [7, 11) is 0. The van der Waals surface area contributed by atoms with Gasteiger partial charge in [0, 0.05) is 19.4 Å². The number of carbonyl (C=O) groups is 6. The van der Waals surface area contributed by atoms with Crippen molar-refractivity contribution in [2.75, 3.05) is 6.54 Å². The van der Waals surface area contributed by atoms with Gasteiger partial charge in [0.1, 0.15) is 36.0 Å². The summed E-state index contributed by atoms with van der Waals surface area (Å²) in [5.41, 5.74) is 0.587. The average Bonchev–Trinajstić information content (AvgIpc) is 3.59. The van der Waals surface area contributed by atoms with Gasteiger partial charge in [0.05, 0.1) is 6.10 Å². The van der Waals surface area contributed by atoms with Gasteiger partial charge in [0.2, 0.25) is 29.5 Å². The van der Waals surface area contributed by atoms with Gasteiger partial charge in [-0.25, -0.2) is 4.79 Å². The summed E-state index contributed by atoms with van der Waals surface area (Å²) < 4.78 is 0. The zero-order valence-corrected chi connectivity index (χ0v) is 31.3. The molecule has 3 unspecified atom stereocenters. The van der Waals surface area contributed by atoms with Crippen molar-refractivity contribution in [2.24, 2.45) is 0 Å². The van der Waals surface area contributed by atoms with Crippen molar-refractivity contribution in [2.45, 2.75) is 160 Å². The van der Waals surface area contributed by atoms with Gasteiger partial charge in [-0.05, 0) is 57.7 Å². The lowest BCUT2D eigenvalue weighted by Crippen LogP contribution is -2.58. The van der Waals surface area contributed by atoms with Gasteiger partial charge in [-0.15, -0.1) is 0 Å². The summed E-state index contributed by atoms with van der Waals surface area (Å²) in [6.45, 7) is 6.66. The number of carboxylic acids is 1. The number of hydrogen-bond donors (Lipinski definition) is 7. The maximum Gasteiger partial charge on any atom is 0.326 e. The van der Waals surface area contributed by atoms with Crippen LogP contribution < -0.4 is 21.3 Å². The van der Waals surface area contributed by atoms with Crippen molar-refractivity contribution in [1.82, 2.24) is 26.2 Å². The Morgan fingerprint density at radius 1 is 0.769 bits per heavy atom. The van der Waals surface area contributed by atoms with Gasteiger partial charge in [-0.3, -0.25) is 24.0 Å². The number of carbonyl (C=O) groups excluding carboxylic acids is 5. The third kappa shape index (κ3) is 15.6. The Hall–Kier alpha value is -4.20. The van der Waals surface area contributed by atoms with E-state index in [4.69, 9.17) is 0 Å². The number of aliphatic hydroxyl groups is 1. The molecule has 1 aromatic carbocycles. The summed E-state index contributed by atoms with van der Waals surface area (Å²) in [5, 5.41) is 39.5. The number of unbranched alkanes of at least 4 members (excludes halogenated alkanes) is 10. The van der Waals surface area contributed by atoms with E-state index in [2.05, 4.69) is 28.2 Å². The third-order valence-corrected chi connectivity index (χ3v) is 9.40. The Balaban J connectivity index is 1.81. The van der Waals surface area contributed by atoms with Crippen LogP contribution in [0, 0.1) is 0 Å². The Kier molecular flexibility index (Phi) is 19.8. The molecule has 5 amide bonds. The highest BCUT2D eigenvalue weighted by molar-refractivity contribution is 5.96. The number of aliphatic carboxylic acids is 1. The number of carboxylic acid groups (broad SMARTS) is 1. The number of amides is 5. The fourth-order valence-corrected chi connectivity index (χ4v) is 6.26. The van der Waals surface area contributed by atoms with Crippen molar-refractivity contribution in [3.63, 3.8) is 0 Å². The zero-order chi connectivity index (χ0) is 38.6. The molecule has 0 aliphatic carbocycles. The van der Waals surface area contributed by atoms with Crippen molar-refractivity contribution >= 4 is 35.5 Å². The number of rotatable bonds is 24. The molecular weight excluding hydrogens is 670 g/mol. The van der Waals surface area contributed by atoms with Gasteiger partial charge in [-0.1, -0.05) is 83.3 Å². The molecule has 1 fully saturated rings. The quantitative estimate of drug-likeness (QED) is 0.0777. The van der Waals surface area contributed by atoms with Crippen LogP contribution in [-0.2, 0) is 35.2 Å². The lowest BCUT2D eigenvalue weighted by molar-refractivity contribution is -0.144. The van der Waals surface area contributed by atoms with Crippen LogP contribution in [0.1, 0.15) is 123 Å². The van der Waals surface area contributed by atoms with E-state index in [9.17, 15) is 44.1 Å². The fraction of sp³-hybridized carbons (Fsp3) is 0.684. The number of nitrogens with one attached hydrogen (secondary N) is 4. The monoisotopic (exact) mass is 731 g/mol.